The first-order valence-electron chi connectivity index (χ1n) is 7.69. The maximum Gasteiger partial charge on any atom is 0.0749 e. The van der Waals surface area contributed by atoms with Gasteiger partial charge in [0.25, 0.3) is 0 Å². The fraction of sp³-hybridized carbons (Fsp3) is 0.875. The Balaban J connectivity index is 0. The van der Waals surface area contributed by atoms with Crippen molar-refractivity contribution in [2.45, 2.75) is 65.6 Å². The summed E-state index contributed by atoms with van der Waals surface area (Å²) in [4.78, 5) is 2.33. The van der Waals surface area contributed by atoms with Gasteiger partial charge in [-0.25, -0.2) is 0 Å². The Bertz CT molecular complexity index is 184. The highest BCUT2D eigenvalue weighted by Gasteiger charge is 2.07. The molecule has 1 N–H and O–H groups in total. The highest BCUT2D eigenvalue weighted by molar-refractivity contribution is 4.79. The molecule has 0 amide bonds. The second kappa shape index (κ2) is 15.7. The number of hydrogen-bond acceptors (Lipinski definition) is 3. The SMILES string of the molecule is C=CC(CCCCN(CCC)CC(C)O)OC.CC. The molecule has 19 heavy (non-hydrogen) atoms. The van der Waals surface area contributed by atoms with Crippen LogP contribution in [0.2, 0.25) is 0 Å². The summed E-state index contributed by atoms with van der Waals surface area (Å²) in [6.07, 6.45) is 6.28. The second-order valence-electron chi connectivity index (χ2n) is 4.66. The summed E-state index contributed by atoms with van der Waals surface area (Å²) in [5.41, 5.74) is 0. The van der Waals surface area contributed by atoms with Gasteiger partial charge in [-0.05, 0) is 45.7 Å². The molecule has 2 atom stereocenters. The van der Waals surface area contributed by atoms with Gasteiger partial charge in [0.1, 0.15) is 0 Å². The monoisotopic (exact) mass is 273 g/mol. The van der Waals surface area contributed by atoms with E-state index in [1.54, 1.807) is 7.11 Å². The van der Waals surface area contributed by atoms with Crippen molar-refractivity contribution < 1.29 is 9.84 Å². The van der Waals surface area contributed by atoms with Crippen LogP contribution in [-0.2, 0) is 4.74 Å². The number of methoxy groups -OCH3 is 1. The summed E-state index contributed by atoms with van der Waals surface area (Å²) in [6.45, 7) is 14.7. The zero-order chi connectivity index (χ0) is 15.1. The molecule has 0 aromatic heterocycles. The maximum absolute atomic E-state index is 9.40. The molecule has 0 saturated heterocycles. The predicted molar refractivity (Wildman–Crippen MR) is 84.6 cm³/mol. The van der Waals surface area contributed by atoms with Crippen LogP contribution in [0.5, 0.6) is 0 Å². The summed E-state index contributed by atoms with van der Waals surface area (Å²) in [7, 11) is 1.73. The Kier molecular flexibility index (Phi) is 17.3. The van der Waals surface area contributed by atoms with E-state index in [-0.39, 0.29) is 12.2 Å². The van der Waals surface area contributed by atoms with Gasteiger partial charge >= 0.3 is 0 Å². The minimum atomic E-state index is -0.235. The van der Waals surface area contributed by atoms with Gasteiger partial charge in [-0.2, -0.15) is 0 Å². The van der Waals surface area contributed by atoms with Crippen LogP contribution in [0.25, 0.3) is 0 Å². The van der Waals surface area contributed by atoms with Crippen molar-refractivity contribution in [2.75, 3.05) is 26.7 Å². The lowest BCUT2D eigenvalue weighted by atomic mass is 10.1. The van der Waals surface area contributed by atoms with Crippen LogP contribution < -0.4 is 0 Å². The van der Waals surface area contributed by atoms with E-state index in [0.717, 1.165) is 45.3 Å². The van der Waals surface area contributed by atoms with Crippen LogP contribution in [0.1, 0.15) is 53.4 Å². The van der Waals surface area contributed by atoms with E-state index in [2.05, 4.69) is 18.4 Å². The molecule has 0 radical (unpaired) electrons. The number of aliphatic hydroxyl groups excluding tert-OH is 1. The number of unbranched alkanes of at least 4 members (excludes halogenated alkanes) is 1. The second-order valence-corrected chi connectivity index (χ2v) is 4.66. The topological polar surface area (TPSA) is 32.7 Å². The van der Waals surface area contributed by atoms with Crippen LogP contribution in [0.15, 0.2) is 12.7 Å². The summed E-state index contributed by atoms with van der Waals surface area (Å²) < 4.78 is 5.25. The quantitative estimate of drug-likeness (QED) is 0.462. The normalized spacial score (nSPS) is 13.6. The first kappa shape index (κ1) is 20.9. The smallest absolute Gasteiger partial charge is 0.0749 e. The first-order chi connectivity index (χ1) is 9.13. The van der Waals surface area contributed by atoms with Crippen LogP contribution >= 0.6 is 0 Å². The van der Waals surface area contributed by atoms with Gasteiger partial charge < -0.3 is 14.7 Å². The maximum atomic E-state index is 9.40. The van der Waals surface area contributed by atoms with E-state index in [9.17, 15) is 5.11 Å². The van der Waals surface area contributed by atoms with Crippen LogP contribution in [-0.4, -0.2) is 49.0 Å². The van der Waals surface area contributed by atoms with Crippen molar-refractivity contribution in [1.29, 1.82) is 0 Å². The standard InChI is InChI=1S/C14H29NO2.C2H6/c1-5-10-15(12-13(3)16)11-8-7-9-14(6-2)17-4;1-2/h6,13-14,16H,2,5,7-12H2,1,3-4H3;1-2H3. The Morgan fingerprint density at radius 1 is 1.26 bits per heavy atom. The van der Waals surface area contributed by atoms with Gasteiger partial charge in [-0.15, -0.1) is 6.58 Å². The van der Waals surface area contributed by atoms with E-state index in [1.165, 1.54) is 0 Å². The van der Waals surface area contributed by atoms with Crippen LogP contribution in [0, 0.1) is 0 Å². The van der Waals surface area contributed by atoms with Gasteiger partial charge in [0.05, 0.1) is 12.2 Å². The Labute approximate surface area is 120 Å². The third-order valence-corrected chi connectivity index (χ3v) is 2.84. The molecule has 0 aromatic carbocycles. The van der Waals surface area contributed by atoms with E-state index in [4.69, 9.17) is 4.74 Å². The lowest BCUT2D eigenvalue weighted by Gasteiger charge is -2.23. The minimum Gasteiger partial charge on any atom is -0.392 e. The van der Waals surface area contributed by atoms with Gasteiger partial charge in [-0.3, -0.25) is 0 Å². The van der Waals surface area contributed by atoms with Crippen LogP contribution in [0.4, 0.5) is 0 Å². The molecule has 0 fully saturated rings. The van der Waals surface area contributed by atoms with Crippen LogP contribution in [0.3, 0.4) is 0 Å². The third kappa shape index (κ3) is 13.8. The van der Waals surface area contributed by atoms with Crippen molar-refractivity contribution in [3.63, 3.8) is 0 Å². The summed E-state index contributed by atoms with van der Waals surface area (Å²) in [6, 6.07) is 0. The molecule has 0 aliphatic heterocycles. The van der Waals surface area contributed by atoms with Crippen molar-refractivity contribution in [3.05, 3.63) is 12.7 Å². The summed E-state index contributed by atoms with van der Waals surface area (Å²) in [5.74, 6) is 0. The van der Waals surface area contributed by atoms with E-state index in [1.807, 2.05) is 26.8 Å². The molecular weight excluding hydrogens is 238 g/mol. The average molecular weight is 273 g/mol. The van der Waals surface area contributed by atoms with Crippen molar-refractivity contribution in [2.24, 2.45) is 0 Å². The molecule has 0 bridgehead atoms. The van der Waals surface area contributed by atoms with E-state index >= 15 is 0 Å². The molecule has 0 aliphatic carbocycles. The van der Waals surface area contributed by atoms with E-state index in [0.29, 0.717) is 0 Å². The van der Waals surface area contributed by atoms with Crippen molar-refractivity contribution in [3.8, 4) is 0 Å². The van der Waals surface area contributed by atoms with Crippen molar-refractivity contribution >= 4 is 0 Å². The number of ether oxygens (including phenoxy) is 1. The highest BCUT2D eigenvalue weighted by atomic mass is 16.5. The summed E-state index contributed by atoms with van der Waals surface area (Å²) in [5, 5.41) is 9.40. The fourth-order valence-electron chi connectivity index (χ4n) is 2.00. The highest BCUT2D eigenvalue weighted by Crippen LogP contribution is 2.06. The molecule has 3 nitrogen and oxygen atoms in total. The number of rotatable bonds is 11. The molecule has 0 saturated carbocycles. The van der Waals surface area contributed by atoms with Gasteiger partial charge in [-0.1, -0.05) is 26.8 Å². The largest absolute Gasteiger partial charge is 0.392 e. The molecule has 0 rings (SSSR count). The number of aliphatic hydroxyl groups is 1. The molecule has 0 aromatic rings. The number of nitrogens with zero attached hydrogens (tertiary/aromatic N) is 1. The molecule has 3 heteroatoms. The molecule has 2 unspecified atom stereocenters. The first-order valence-corrected chi connectivity index (χ1v) is 7.69. The van der Waals surface area contributed by atoms with Crippen molar-refractivity contribution in [1.82, 2.24) is 4.90 Å². The van der Waals surface area contributed by atoms with E-state index < -0.39 is 0 Å². The number of hydrogen-bond donors (Lipinski definition) is 1. The zero-order valence-electron chi connectivity index (χ0n) is 13.7. The third-order valence-electron chi connectivity index (χ3n) is 2.84. The lowest BCUT2D eigenvalue weighted by molar-refractivity contribution is 0.117. The fourth-order valence-corrected chi connectivity index (χ4v) is 2.00. The average Bonchev–Trinajstić information content (AvgIpc) is 2.41. The molecular formula is C16H35NO2. The van der Waals surface area contributed by atoms with Gasteiger partial charge in [0.2, 0.25) is 0 Å². The Hall–Kier alpha value is -0.380. The minimum absolute atomic E-state index is 0.186. The zero-order valence-corrected chi connectivity index (χ0v) is 13.7. The molecule has 116 valence electrons. The molecule has 0 heterocycles. The molecule has 0 spiro atoms. The Morgan fingerprint density at radius 3 is 2.32 bits per heavy atom. The molecule has 0 aliphatic rings. The Morgan fingerprint density at radius 2 is 1.89 bits per heavy atom. The predicted octanol–water partition coefficient (Wildman–Crippen LogP) is 3.48. The van der Waals surface area contributed by atoms with Gasteiger partial charge in [0, 0.05) is 13.7 Å². The summed E-state index contributed by atoms with van der Waals surface area (Å²) >= 11 is 0. The lowest BCUT2D eigenvalue weighted by Crippen LogP contribution is -2.32. The van der Waals surface area contributed by atoms with Gasteiger partial charge in [0.15, 0.2) is 0 Å².